The highest BCUT2D eigenvalue weighted by molar-refractivity contribution is 6.46. The summed E-state index contributed by atoms with van der Waals surface area (Å²) in [6.07, 6.45) is 0.561. The largest absolute Gasteiger partial charge is 0.507 e. The van der Waals surface area contributed by atoms with Crippen molar-refractivity contribution in [3.8, 4) is 11.5 Å². The van der Waals surface area contributed by atoms with Gasteiger partial charge >= 0.3 is 0 Å². The Morgan fingerprint density at radius 3 is 2.56 bits per heavy atom. The van der Waals surface area contributed by atoms with E-state index in [4.69, 9.17) is 9.47 Å². The van der Waals surface area contributed by atoms with Gasteiger partial charge in [-0.15, -0.1) is 0 Å². The summed E-state index contributed by atoms with van der Waals surface area (Å²) in [6, 6.07) is 8.91. The minimum Gasteiger partial charge on any atom is -0.507 e. The van der Waals surface area contributed by atoms with E-state index >= 15 is 0 Å². The molecule has 1 amide bonds. The number of aliphatic hydroxyl groups excluding tert-OH is 1. The van der Waals surface area contributed by atoms with Crippen molar-refractivity contribution in [1.29, 1.82) is 0 Å². The molecule has 9 heteroatoms. The third-order valence-corrected chi connectivity index (χ3v) is 6.18. The van der Waals surface area contributed by atoms with Crippen molar-refractivity contribution in [2.75, 3.05) is 46.5 Å². The Hall–Kier alpha value is -3.43. The van der Waals surface area contributed by atoms with Crippen LogP contribution in [0.3, 0.4) is 0 Å². The molecule has 2 aromatic rings. The number of rotatable bonds is 7. The molecule has 0 aliphatic carbocycles. The number of aromatic hydroxyl groups is 1. The summed E-state index contributed by atoms with van der Waals surface area (Å²) >= 11 is 0. The molecule has 0 saturated carbocycles. The number of nitrogens with zero attached hydrogens (tertiary/aromatic N) is 2. The lowest BCUT2D eigenvalue weighted by molar-refractivity contribution is -0.140. The molecule has 4 rings (SSSR count). The Labute approximate surface area is 196 Å². The minimum atomic E-state index is -1.12. The van der Waals surface area contributed by atoms with Crippen molar-refractivity contribution in [3.63, 3.8) is 0 Å². The second-order valence-electron chi connectivity index (χ2n) is 8.20. The van der Waals surface area contributed by atoms with Gasteiger partial charge in [0.2, 0.25) is 0 Å². The number of hydrogen-bond acceptors (Lipinski definition) is 7. The van der Waals surface area contributed by atoms with Gasteiger partial charge in [-0.25, -0.2) is 4.39 Å². The van der Waals surface area contributed by atoms with Crippen LogP contribution in [0, 0.1) is 5.82 Å². The van der Waals surface area contributed by atoms with Crippen LogP contribution in [0.1, 0.15) is 23.6 Å². The average molecular weight is 470 g/mol. The van der Waals surface area contributed by atoms with Crippen LogP contribution in [0.5, 0.6) is 11.5 Å². The lowest BCUT2D eigenvalue weighted by atomic mass is 9.94. The number of ether oxygens (including phenoxy) is 2. The highest BCUT2D eigenvalue weighted by atomic mass is 19.1. The third-order valence-electron chi connectivity index (χ3n) is 6.18. The number of aliphatic hydroxyl groups is 1. The first-order chi connectivity index (χ1) is 16.4. The van der Waals surface area contributed by atoms with Crippen molar-refractivity contribution >= 4 is 17.4 Å². The Bertz CT molecular complexity index is 1110. The highest BCUT2D eigenvalue weighted by Crippen LogP contribution is 2.42. The molecule has 2 fully saturated rings. The quantitative estimate of drug-likeness (QED) is 0.365. The molecule has 2 N–H and O–H groups in total. The van der Waals surface area contributed by atoms with Crippen LogP contribution >= 0.6 is 0 Å². The fourth-order valence-corrected chi connectivity index (χ4v) is 4.40. The van der Waals surface area contributed by atoms with E-state index < -0.39 is 29.3 Å². The number of benzene rings is 2. The molecule has 2 heterocycles. The van der Waals surface area contributed by atoms with Crippen molar-refractivity contribution in [2.24, 2.45) is 0 Å². The number of Topliss-reactive ketones (excluding diaryl/α,β-unsaturated/α-hetero) is 1. The molecule has 1 unspecified atom stereocenters. The van der Waals surface area contributed by atoms with Gasteiger partial charge in [-0.2, -0.15) is 0 Å². The number of hydrogen-bond donors (Lipinski definition) is 2. The molecule has 0 bridgehead atoms. The van der Waals surface area contributed by atoms with E-state index in [9.17, 15) is 24.2 Å². The van der Waals surface area contributed by atoms with Crippen molar-refractivity contribution in [1.82, 2.24) is 9.80 Å². The first-order valence-corrected chi connectivity index (χ1v) is 11.1. The van der Waals surface area contributed by atoms with Gasteiger partial charge in [-0.05, 0) is 24.6 Å². The molecule has 34 heavy (non-hydrogen) atoms. The summed E-state index contributed by atoms with van der Waals surface area (Å²) in [5, 5.41) is 21.5. The monoisotopic (exact) mass is 470 g/mol. The maximum atomic E-state index is 14.9. The SMILES string of the molecule is COc1ccc(/C(O)=C2\C(=O)C(=O)N(CCCN3CCOCC3)C2c2ccccc2F)c(O)c1. The van der Waals surface area contributed by atoms with Gasteiger partial charge in [0.15, 0.2) is 0 Å². The minimum absolute atomic E-state index is 0.0477. The molecule has 2 saturated heterocycles. The highest BCUT2D eigenvalue weighted by Gasteiger charge is 2.47. The maximum absolute atomic E-state index is 14.9. The second kappa shape index (κ2) is 10.2. The number of morpholine rings is 1. The molecular weight excluding hydrogens is 443 g/mol. The van der Waals surface area contributed by atoms with Crippen LogP contribution in [0.4, 0.5) is 4.39 Å². The second-order valence-corrected chi connectivity index (χ2v) is 8.20. The molecule has 8 nitrogen and oxygen atoms in total. The summed E-state index contributed by atoms with van der Waals surface area (Å²) in [6.45, 7) is 3.75. The van der Waals surface area contributed by atoms with E-state index in [0.29, 0.717) is 31.9 Å². The van der Waals surface area contributed by atoms with E-state index in [2.05, 4.69) is 4.90 Å². The number of likely N-dealkylation sites (tertiary alicyclic amines) is 1. The fraction of sp³-hybridized carbons (Fsp3) is 0.360. The maximum Gasteiger partial charge on any atom is 0.295 e. The molecular formula is C25H27FN2O6. The normalized spacial score (nSPS) is 20.6. The topological polar surface area (TPSA) is 99.5 Å². The van der Waals surface area contributed by atoms with E-state index in [1.165, 1.54) is 48.4 Å². The number of phenolic OH excluding ortho intramolecular Hbond substituents is 1. The number of ketones is 1. The predicted molar refractivity (Wildman–Crippen MR) is 122 cm³/mol. The number of carbonyl (C=O) groups excluding carboxylic acids is 2. The summed E-state index contributed by atoms with van der Waals surface area (Å²) in [5.41, 5.74) is -0.210. The van der Waals surface area contributed by atoms with Gasteiger partial charge in [-0.3, -0.25) is 14.5 Å². The van der Waals surface area contributed by atoms with Crippen molar-refractivity contribution in [2.45, 2.75) is 12.5 Å². The van der Waals surface area contributed by atoms with Gasteiger partial charge in [0.05, 0.1) is 37.5 Å². The van der Waals surface area contributed by atoms with Crippen molar-refractivity contribution in [3.05, 3.63) is 65.0 Å². The van der Waals surface area contributed by atoms with Crippen LogP contribution < -0.4 is 4.74 Å². The van der Waals surface area contributed by atoms with Crippen LogP contribution in [-0.4, -0.2) is 78.2 Å². The number of carbonyl (C=O) groups is 2. The van der Waals surface area contributed by atoms with Gasteiger partial charge < -0.3 is 24.6 Å². The standard InChI is InChI=1S/C25H27FN2O6/c1-33-16-7-8-18(20(29)15-16)23(30)21-22(17-5-2-3-6-19(17)26)28(25(32)24(21)31)10-4-9-27-11-13-34-14-12-27/h2-3,5-8,15,22,29-30H,4,9-14H2,1H3/b23-21+. The van der Waals surface area contributed by atoms with Crippen LogP contribution in [0.25, 0.3) is 5.76 Å². The third kappa shape index (κ3) is 4.62. The Morgan fingerprint density at radius 1 is 1.15 bits per heavy atom. The smallest absolute Gasteiger partial charge is 0.295 e. The Morgan fingerprint density at radius 2 is 1.88 bits per heavy atom. The van der Waals surface area contributed by atoms with Gasteiger partial charge in [0.1, 0.15) is 23.1 Å². The van der Waals surface area contributed by atoms with Crippen molar-refractivity contribution < 1.29 is 33.7 Å². The van der Waals surface area contributed by atoms with E-state index in [-0.39, 0.29) is 29.0 Å². The van der Waals surface area contributed by atoms with E-state index in [0.717, 1.165) is 13.1 Å². The fourth-order valence-electron chi connectivity index (χ4n) is 4.40. The number of methoxy groups -OCH3 is 1. The Kier molecular flexibility index (Phi) is 7.14. The van der Waals surface area contributed by atoms with E-state index in [1.54, 1.807) is 6.07 Å². The lowest BCUT2D eigenvalue weighted by Crippen LogP contribution is -2.39. The summed E-state index contributed by atoms with van der Waals surface area (Å²) < 4.78 is 25.3. The lowest BCUT2D eigenvalue weighted by Gasteiger charge is -2.29. The molecule has 0 spiro atoms. The molecule has 2 aliphatic heterocycles. The first-order valence-electron chi connectivity index (χ1n) is 11.1. The Balaban J connectivity index is 1.71. The molecule has 180 valence electrons. The number of phenols is 1. The molecule has 1 atom stereocenters. The van der Waals surface area contributed by atoms with Crippen LogP contribution in [0.15, 0.2) is 48.0 Å². The molecule has 2 aromatic carbocycles. The first kappa shape index (κ1) is 23.7. The number of halogens is 1. The predicted octanol–water partition coefficient (Wildman–Crippen LogP) is 2.68. The summed E-state index contributed by atoms with van der Waals surface area (Å²) in [4.78, 5) is 29.6. The zero-order valence-electron chi connectivity index (χ0n) is 18.9. The molecule has 0 radical (unpaired) electrons. The number of amides is 1. The molecule has 2 aliphatic rings. The van der Waals surface area contributed by atoms with Gasteiger partial charge in [0.25, 0.3) is 11.7 Å². The van der Waals surface area contributed by atoms with Crippen LogP contribution in [-0.2, 0) is 14.3 Å². The summed E-state index contributed by atoms with van der Waals surface area (Å²) in [7, 11) is 1.43. The van der Waals surface area contributed by atoms with Gasteiger partial charge in [-0.1, -0.05) is 18.2 Å². The van der Waals surface area contributed by atoms with Gasteiger partial charge in [0, 0.05) is 37.8 Å². The van der Waals surface area contributed by atoms with Crippen LogP contribution in [0.2, 0.25) is 0 Å². The average Bonchev–Trinajstić information content (AvgIpc) is 3.09. The molecule has 0 aromatic heterocycles. The van der Waals surface area contributed by atoms with E-state index in [1.807, 2.05) is 0 Å². The zero-order valence-corrected chi connectivity index (χ0v) is 18.9. The zero-order chi connectivity index (χ0) is 24.2. The summed E-state index contributed by atoms with van der Waals surface area (Å²) in [5.74, 6) is -2.89.